The van der Waals surface area contributed by atoms with Gasteiger partial charge in [0.05, 0.1) is 6.61 Å². The third-order valence-corrected chi connectivity index (χ3v) is 1.72. The van der Waals surface area contributed by atoms with Gasteiger partial charge in [0.2, 0.25) is 0 Å². The Morgan fingerprint density at radius 1 is 1.50 bits per heavy atom. The minimum absolute atomic E-state index is 0.0107. The Balaban J connectivity index is 2.58. The van der Waals surface area contributed by atoms with Gasteiger partial charge in [-0.3, -0.25) is 0 Å². The molecule has 0 aliphatic rings. The second-order valence-electron chi connectivity index (χ2n) is 2.79. The second kappa shape index (κ2) is 5.19. The molecule has 0 aromatic heterocycles. The lowest BCUT2D eigenvalue weighted by atomic mass is 10.1. The number of carbonyl (C=O) groups is 1. The first kappa shape index (κ1) is 10.5. The Labute approximate surface area is 82.6 Å². The highest BCUT2D eigenvalue weighted by Gasteiger charge is 1.98. The summed E-state index contributed by atoms with van der Waals surface area (Å²) >= 11 is 0. The van der Waals surface area contributed by atoms with Crippen LogP contribution in [0.1, 0.15) is 11.1 Å². The first-order valence-corrected chi connectivity index (χ1v) is 4.24. The number of esters is 1. The standard InChI is InChI=1S/C11H12O3/c1-2-11(13)14-8-10-5-3-4-9(6-10)7-12/h2-6,12H,1,7-8H2. The molecule has 3 heteroatoms. The number of aliphatic hydroxyl groups excluding tert-OH is 1. The van der Waals surface area contributed by atoms with Gasteiger partial charge in [0, 0.05) is 6.08 Å². The molecule has 0 aliphatic carbocycles. The first-order valence-electron chi connectivity index (χ1n) is 4.24. The zero-order valence-corrected chi connectivity index (χ0v) is 7.77. The first-order chi connectivity index (χ1) is 6.76. The van der Waals surface area contributed by atoms with Gasteiger partial charge >= 0.3 is 5.97 Å². The van der Waals surface area contributed by atoms with Crippen LogP contribution in [-0.4, -0.2) is 11.1 Å². The van der Waals surface area contributed by atoms with Crippen molar-refractivity contribution in [1.29, 1.82) is 0 Å². The number of ether oxygens (including phenoxy) is 1. The van der Waals surface area contributed by atoms with E-state index in [1.54, 1.807) is 12.1 Å². The summed E-state index contributed by atoms with van der Waals surface area (Å²) in [6, 6.07) is 7.23. The van der Waals surface area contributed by atoms with Crippen LogP contribution in [0.4, 0.5) is 0 Å². The zero-order chi connectivity index (χ0) is 10.4. The van der Waals surface area contributed by atoms with Crippen molar-refractivity contribution in [2.24, 2.45) is 0 Å². The maximum absolute atomic E-state index is 10.7. The number of hydrogen-bond acceptors (Lipinski definition) is 3. The number of benzene rings is 1. The van der Waals surface area contributed by atoms with Crippen LogP contribution in [0.25, 0.3) is 0 Å². The van der Waals surface area contributed by atoms with Crippen LogP contribution in [0.5, 0.6) is 0 Å². The molecule has 1 aromatic rings. The summed E-state index contributed by atoms with van der Waals surface area (Å²) in [5, 5.41) is 8.86. The van der Waals surface area contributed by atoms with Crippen LogP contribution < -0.4 is 0 Å². The summed E-state index contributed by atoms with van der Waals surface area (Å²) in [4.78, 5) is 10.7. The van der Waals surface area contributed by atoms with Gasteiger partial charge in [-0.2, -0.15) is 0 Å². The van der Waals surface area contributed by atoms with Gasteiger partial charge in [-0.05, 0) is 11.1 Å². The Morgan fingerprint density at radius 2 is 2.21 bits per heavy atom. The zero-order valence-electron chi connectivity index (χ0n) is 7.77. The van der Waals surface area contributed by atoms with E-state index in [-0.39, 0.29) is 13.2 Å². The van der Waals surface area contributed by atoms with E-state index in [2.05, 4.69) is 6.58 Å². The molecule has 74 valence electrons. The van der Waals surface area contributed by atoms with E-state index >= 15 is 0 Å². The molecule has 1 N–H and O–H groups in total. The van der Waals surface area contributed by atoms with Crippen molar-refractivity contribution >= 4 is 5.97 Å². The minimum atomic E-state index is -0.445. The molecule has 0 saturated carbocycles. The molecule has 0 spiro atoms. The quantitative estimate of drug-likeness (QED) is 0.579. The van der Waals surface area contributed by atoms with Gasteiger partial charge in [0.1, 0.15) is 6.61 Å². The summed E-state index contributed by atoms with van der Waals surface area (Å²) in [7, 11) is 0. The van der Waals surface area contributed by atoms with Gasteiger partial charge in [0.15, 0.2) is 0 Å². The number of aliphatic hydroxyl groups is 1. The average molecular weight is 192 g/mol. The maximum atomic E-state index is 10.7. The van der Waals surface area contributed by atoms with Crippen molar-refractivity contribution < 1.29 is 14.6 Å². The normalized spacial score (nSPS) is 9.50. The predicted octanol–water partition coefficient (Wildman–Crippen LogP) is 1.41. The van der Waals surface area contributed by atoms with E-state index < -0.39 is 5.97 Å². The summed E-state index contributed by atoms with van der Waals surface area (Å²) in [5.74, 6) is -0.445. The maximum Gasteiger partial charge on any atom is 0.330 e. The molecule has 0 fully saturated rings. The van der Waals surface area contributed by atoms with Crippen molar-refractivity contribution in [3.8, 4) is 0 Å². The van der Waals surface area contributed by atoms with Crippen LogP contribution in [-0.2, 0) is 22.7 Å². The average Bonchev–Trinajstić information content (AvgIpc) is 2.26. The fourth-order valence-electron chi connectivity index (χ4n) is 1.03. The lowest BCUT2D eigenvalue weighted by molar-refractivity contribution is -0.138. The van der Waals surface area contributed by atoms with E-state index in [0.717, 1.165) is 17.2 Å². The van der Waals surface area contributed by atoms with Gasteiger partial charge < -0.3 is 9.84 Å². The Hall–Kier alpha value is -1.61. The monoisotopic (exact) mass is 192 g/mol. The van der Waals surface area contributed by atoms with Crippen LogP contribution in [0.3, 0.4) is 0 Å². The third-order valence-electron chi connectivity index (χ3n) is 1.72. The molecule has 0 aliphatic heterocycles. The molecule has 1 aromatic carbocycles. The molecule has 0 atom stereocenters. The van der Waals surface area contributed by atoms with Crippen LogP contribution >= 0.6 is 0 Å². The van der Waals surface area contributed by atoms with Crippen LogP contribution in [0, 0.1) is 0 Å². The highest BCUT2D eigenvalue weighted by atomic mass is 16.5. The van der Waals surface area contributed by atoms with Crippen molar-refractivity contribution in [3.63, 3.8) is 0 Å². The summed E-state index contributed by atoms with van der Waals surface area (Å²) in [6.07, 6.45) is 1.12. The smallest absolute Gasteiger partial charge is 0.330 e. The van der Waals surface area contributed by atoms with Crippen molar-refractivity contribution in [2.75, 3.05) is 0 Å². The second-order valence-corrected chi connectivity index (χ2v) is 2.79. The lowest BCUT2D eigenvalue weighted by Crippen LogP contribution is -2.00. The SMILES string of the molecule is C=CC(=O)OCc1cccc(CO)c1. The Morgan fingerprint density at radius 3 is 2.86 bits per heavy atom. The molecule has 0 bridgehead atoms. The van der Waals surface area contributed by atoms with Crippen molar-refractivity contribution in [1.82, 2.24) is 0 Å². The Kier molecular flexibility index (Phi) is 3.88. The van der Waals surface area contributed by atoms with Crippen LogP contribution in [0.15, 0.2) is 36.9 Å². The molecule has 0 heterocycles. The Bertz CT molecular complexity index is 331. The van der Waals surface area contributed by atoms with E-state index in [4.69, 9.17) is 9.84 Å². The molecule has 14 heavy (non-hydrogen) atoms. The molecule has 0 amide bonds. The summed E-state index contributed by atoms with van der Waals surface area (Å²) in [5.41, 5.74) is 1.66. The topological polar surface area (TPSA) is 46.5 Å². The highest BCUT2D eigenvalue weighted by Crippen LogP contribution is 2.06. The molecular weight excluding hydrogens is 180 g/mol. The van der Waals surface area contributed by atoms with E-state index in [9.17, 15) is 4.79 Å². The fourth-order valence-corrected chi connectivity index (χ4v) is 1.03. The minimum Gasteiger partial charge on any atom is -0.458 e. The van der Waals surface area contributed by atoms with Gasteiger partial charge in [-0.1, -0.05) is 30.8 Å². The fraction of sp³-hybridized carbons (Fsp3) is 0.182. The molecule has 0 radical (unpaired) electrons. The predicted molar refractivity (Wildman–Crippen MR) is 52.4 cm³/mol. The number of hydrogen-bond donors (Lipinski definition) is 1. The summed E-state index contributed by atoms with van der Waals surface area (Å²) in [6.45, 7) is 3.49. The van der Waals surface area contributed by atoms with E-state index in [0.29, 0.717) is 0 Å². The van der Waals surface area contributed by atoms with Crippen molar-refractivity contribution in [3.05, 3.63) is 48.0 Å². The summed E-state index contributed by atoms with van der Waals surface area (Å²) < 4.78 is 4.84. The lowest BCUT2D eigenvalue weighted by Gasteiger charge is -2.03. The van der Waals surface area contributed by atoms with Gasteiger partial charge in [-0.15, -0.1) is 0 Å². The van der Waals surface area contributed by atoms with Crippen molar-refractivity contribution in [2.45, 2.75) is 13.2 Å². The molecule has 3 nitrogen and oxygen atoms in total. The largest absolute Gasteiger partial charge is 0.458 e. The molecule has 0 saturated heterocycles. The number of carbonyl (C=O) groups excluding carboxylic acids is 1. The van der Waals surface area contributed by atoms with Gasteiger partial charge in [0.25, 0.3) is 0 Å². The van der Waals surface area contributed by atoms with E-state index in [1.165, 1.54) is 0 Å². The molecule has 0 unspecified atom stereocenters. The van der Waals surface area contributed by atoms with Crippen LogP contribution in [0.2, 0.25) is 0 Å². The van der Waals surface area contributed by atoms with E-state index in [1.807, 2.05) is 12.1 Å². The molecule has 1 rings (SSSR count). The third kappa shape index (κ3) is 3.03. The number of rotatable bonds is 4. The highest BCUT2D eigenvalue weighted by molar-refractivity contribution is 5.81. The molecular formula is C11H12O3. The van der Waals surface area contributed by atoms with Gasteiger partial charge in [-0.25, -0.2) is 4.79 Å².